The summed E-state index contributed by atoms with van der Waals surface area (Å²) in [6.07, 6.45) is 7.05. The van der Waals surface area contributed by atoms with Crippen LogP contribution in [0.5, 0.6) is 0 Å². The van der Waals surface area contributed by atoms with Crippen LogP contribution in [0.15, 0.2) is 0 Å². The molecule has 0 aliphatic heterocycles. The lowest BCUT2D eigenvalue weighted by Crippen LogP contribution is -2.49. The van der Waals surface area contributed by atoms with E-state index in [-0.39, 0.29) is 17.5 Å². The summed E-state index contributed by atoms with van der Waals surface area (Å²) in [5.41, 5.74) is 0.256. The maximum Gasteiger partial charge on any atom is 0.221 e. The Labute approximate surface area is 93.0 Å². The number of hydrogen-bond donors (Lipinski definition) is 2. The molecular weight excluding hydrogens is 188 g/mol. The topological polar surface area (TPSA) is 41.1 Å². The highest BCUT2D eigenvalue weighted by molar-refractivity contribution is 5.76. The molecule has 88 valence electrons. The molecule has 0 saturated heterocycles. The molecule has 0 aromatic heterocycles. The van der Waals surface area contributed by atoms with Gasteiger partial charge in [0.2, 0.25) is 5.91 Å². The summed E-state index contributed by atoms with van der Waals surface area (Å²) in [5.74, 6) is 0.120. The fourth-order valence-electron chi connectivity index (χ4n) is 2.50. The number of hydrogen-bond acceptors (Lipinski definition) is 2. The first-order valence-corrected chi connectivity index (χ1v) is 6.04. The molecule has 0 heterocycles. The van der Waals surface area contributed by atoms with E-state index in [0.717, 1.165) is 0 Å². The molecule has 15 heavy (non-hydrogen) atoms. The maximum absolute atomic E-state index is 11.2. The molecule has 1 amide bonds. The molecular formula is C12H24N2O. The van der Waals surface area contributed by atoms with Gasteiger partial charge in [0.15, 0.2) is 0 Å². The van der Waals surface area contributed by atoms with Gasteiger partial charge >= 0.3 is 0 Å². The lowest BCUT2D eigenvalue weighted by Gasteiger charge is -2.37. The summed E-state index contributed by atoms with van der Waals surface area (Å²) in [6, 6.07) is 0.271. The molecule has 0 aromatic carbocycles. The van der Waals surface area contributed by atoms with Crippen molar-refractivity contribution in [3.63, 3.8) is 0 Å². The largest absolute Gasteiger partial charge is 0.359 e. The van der Waals surface area contributed by atoms with Gasteiger partial charge < -0.3 is 10.6 Å². The van der Waals surface area contributed by atoms with E-state index < -0.39 is 0 Å². The lowest BCUT2D eigenvalue weighted by molar-refractivity contribution is -0.121. The molecule has 2 N–H and O–H groups in total. The molecule has 3 nitrogen and oxygen atoms in total. The minimum absolute atomic E-state index is 0.120. The fourth-order valence-corrected chi connectivity index (χ4v) is 2.50. The van der Waals surface area contributed by atoms with Gasteiger partial charge in [0, 0.05) is 25.0 Å². The van der Waals surface area contributed by atoms with Crippen LogP contribution in [0, 0.1) is 0 Å². The molecule has 3 heteroatoms. The van der Waals surface area contributed by atoms with E-state index in [1.807, 2.05) is 0 Å². The quantitative estimate of drug-likeness (QED) is 0.746. The molecule has 0 aromatic rings. The summed E-state index contributed by atoms with van der Waals surface area (Å²) in [6.45, 7) is 4.38. The normalized spacial score (nSPS) is 22.1. The van der Waals surface area contributed by atoms with Crippen LogP contribution in [-0.2, 0) is 4.79 Å². The van der Waals surface area contributed by atoms with Gasteiger partial charge in [0.1, 0.15) is 0 Å². The molecule has 1 saturated carbocycles. The Morgan fingerprint density at radius 2 is 1.93 bits per heavy atom. The average Bonchev–Trinajstić information content (AvgIpc) is 2.17. The molecule has 1 aliphatic rings. The van der Waals surface area contributed by atoms with Gasteiger partial charge in [-0.15, -0.1) is 0 Å². The van der Waals surface area contributed by atoms with E-state index in [1.54, 1.807) is 7.05 Å². The summed E-state index contributed by atoms with van der Waals surface area (Å²) in [5, 5.41) is 6.27. The molecule has 1 unspecified atom stereocenters. The van der Waals surface area contributed by atoms with Crippen LogP contribution in [0.2, 0.25) is 0 Å². The Morgan fingerprint density at radius 3 is 2.47 bits per heavy atom. The third-order valence-corrected chi connectivity index (χ3v) is 3.32. The molecule has 0 spiro atoms. The third kappa shape index (κ3) is 4.20. The predicted molar refractivity (Wildman–Crippen MR) is 62.8 cm³/mol. The molecule has 1 rings (SSSR count). The number of rotatable bonds is 4. The highest BCUT2D eigenvalue weighted by atomic mass is 16.1. The van der Waals surface area contributed by atoms with Crippen molar-refractivity contribution in [1.29, 1.82) is 0 Å². The molecule has 1 aliphatic carbocycles. The smallest absolute Gasteiger partial charge is 0.221 e. The van der Waals surface area contributed by atoms with Crippen LogP contribution in [0.25, 0.3) is 0 Å². The van der Waals surface area contributed by atoms with Crippen molar-refractivity contribution in [2.24, 2.45) is 0 Å². The van der Waals surface area contributed by atoms with Crippen molar-refractivity contribution in [3.05, 3.63) is 0 Å². The Morgan fingerprint density at radius 1 is 1.33 bits per heavy atom. The molecule has 1 atom stereocenters. The SMILES string of the molecule is CNC(=O)CC(C)NC1(C)CCCCC1. The lowest BCUT2D eigenvalue weighted by atomic mass is 9.82. The average molecular weight is 212 g/mol. The van der Waals surface area contributed by atoms with Crippen molar-refractivity contribution in [2.75, 3.05) is 7.05 Å². The zero-order valence-electron chi connectivity index (χ0n) is 10.2. The van der Waals surface area contributed by atoms with Crippen LogP contribution in [0.4, 0.5) is 0 Å². The van der Waals surface area contributed by atoms with Crippen molar-refractivity contribution < 1.29 is 4.79 Å². The van der Waals surface area contributed by atoms with E-state index in [2.05, 4.69) is 24.5 Å². The van der Waals surface area contributed by atoms with Gasteiger partial charge in [-0.25, -0.2) is 0 Å². The number of carbonyl (C=O) groups is 1. The monoisotopic (exact) mass is 212 g/mol. The number of nitrogens with one attached hydrogen (secondary N) is 2. The zero-order valence-corrected chi connectivity index (χ0v) is 10.2. The Bertz CT molecular complexity index is 210. The zero-order chi connectivity index (χ0) is 11.3. The standard InChI is InChI=1S/C12H24N2O/c1-10(9-11(15)13-3)14-12(2)7-5-4-6-8-12/h10,14H,4-9H2,1-3H3,(H,13,15). The van der Waals surface area contributed by atoms with Crippen LogP contribution in [0.1, 0.15) is 52.4 Å². The van der Waals surface area contributed by atoms with E-state index in [1.165, 1.54) is 32.1 Å². The van der Waals surface area contributed by atoms with Gasteiger partial charge in [0.05, 0.1) is 0 Å². The first-order valence-electron chi connectivity index (χ1n) is 6.04. The Hall–Kier alpha value is -0.570. The van der Waals surface area contributed by atoms with Crippen LogP contribution >= 0.6 is 0 Å². The molecule has 1 fully saturated rings. The summed E-state index contributed by atoms with van der Waals surface area (Å²) < 4.78 is 0. The highest BCUT2D eigenvalue weighted by Crippen LogP contribution is 2.28. The highest BCUT2D eigenvalue weighted by Gasteiger charge is 2.28. The minimum atomic E-state index is 0.120. The van der Waals surface area contributed by atoms with E-state index in [0.29, 0.717) is 6.42 Å². The Balaban J connectivity index is 2.35. The van der Waals surface area contributed by atoms with Gasteiger partial charge in [0.25, 0.3) is 0 Å². The van der Waals surface area contributed by atoms with Gasteiger partial charge in [-0.1, -0.05) is 19.3 Å². The van der Waals surface area contributed by atoms with E-state index >= 15 is 0 Å². The van der Waals surface area contributed by atoms with Crippen LogP contribution < -0.4 is 10.6 Å². The number of amides is 1. The number of carbonyl (C=O) groups excluding carboxylic acids is 1. The second kappa shape index (κ2) is 5.50. The predicted octanol–water partition coefficient (Wildman–Crippen LogP) is 1.82. The van der Waals surface area contributed by atoms with Crippen LogP contribution in [0.3, 0.4) is 0 Å². The fraction of sp³-hybridized carbons (Fsp3) is 0.917. The minimum Gasteiger partial charge on any atom is -0.359 e. The second-order valence-electron chi connectivity index (χ2n) is 5.04. The maximum atomic E-state index is 11.2. The van der Waals surface area contributed by atoms with Crippen LogP contribution in [-0.4, -0.2) is 24.5 Å². The summed E-state index contributed by atoms with van der Waals surface area (Å²) >= 11 is 0. The van der Waals surface area contributed by atoms with Crippen molar-refractivity contribution in [1.82, 2.24) is 10.6 Å². The second-order valence-corrected chi connectivity index (χ2v) is 5.04. The van der Waals surface area contributed by atoms with Crippen molar-refractivity contribution in [2.45, 2.75) is 64.0 Å². The third-order valence-electron chi connectivity index (χ3n) is 3.32. The van der Waals surface area contributed by atoms with Gasteiger partial charge in [-0.05, 0) is 26.7 Å². The molecule has 0 bridgehead atoms. The van der Waals surface area contributed by atoms with Crippen molar-refractivity contribution >= 4 is 5.91 Å². The molecule has 0 radical (unpaired) electrons. The summed E-state index contributed by atoms with van der Waals surface area (Å²) in [7, 11) is 1.69. The Kier molecular flexibility index (Phi) is 4.58. The van der Waals surface area contributed by atoms with Crippen molar-refractivity contribution in [3.8, 4) is 0 Å². The van der Waals surface area contributed by atoms with E-state index in [4.69, 9.17) is 0 Å². The first-order chi connectivity index (χ1) is 7.06. The summed E-state index contributed by atoms with van der Waals surface area (Å²) in [4.78, 5) is 11.2. The van der Waals surface area contributed by atoms with Gasteiger partial charge in [-0.3, -0.25) is 4.79 Å². The van der Waals surface area contributed by atoms with Gasteiger partial charge in [-0.2, -0.15) is 0 Å². The first kappa shape index (κ1) is 12.5. The van der Waals surface area contributed by atoms with E-state index in [9.17, 15) is 4.79 Å².